The molecule has 0 aliphatic carbocycles. The summed E-state index contributed by atoms with van der Waals surface area (Å²) < 4.78 is 29.4. The molecule has 27 aromatic carbocycles. The van der Waals surface area contributed by atoms with Crippen LogP contribution in [0.5, 0.6) is 23.0 Å². The molecule has 0 atom stereocenters. The molecular weight excluding hydrogens is 1740 g/mol. The van der Waals surface area contributed by atoms with Crippen molar-refractivity contribution in [2.24, 2.45) is 0 Å². The van der Waals surface area contributed by atoms with Gasteiger partial charge in [-0.1, -0.05) is 303 Å². The largest absolute Gasteiger partial charge is 0.457 e. The number of hydrogen-bond donors (Lipinski definition) is 0. The normalized spacial score (nSPS) is 12.5. The minimum absolute atomic E-state index is 0.831. The molecule has 0 radical (unpaired) electrons. The van der Waals surface area contributed by atoms with Gasteiger partial charge in [0.2, 0.25) is 0 Å². The number of para-hydroxylation sites is 2. The third-order valence-corrected chi connectivity index (χ3v) is 36.0. The topological polar surface area (TPSA) is 18.5 Å². The number of rotatable bonds is 6. The zero-order chi connectivity index (χ0) is 87.0. The molecule has 0 unspecified atom stereocenters. The first kappa shape index (κ1) is 74.2. The van der Waals surface area contributed by atoms with E-state index in [1.807, 2.05) is 129 Å². The first-order valence-electron chi connectivity index (χ1n) is 45.6. The van der Waals surface area contributed by atoms with Crippen molar-refractivity contribution in [3.63, 3.8) is 0 Å². The average Bonchev–Trinajstić information content (AvgIpc) is 0.650. The Kier molecular flexibility index (Phi) is 15.5. The highest BCUT2D eigenvalue weighted by Crippen LogP contribution is 2.61. The van der Waals surface area contributed by atoms with Crippen LogP contribution in [0, 0.1) is 0 Å². The van der Waals surface area contributed by atoms with E-state index in [0.29, 0.717) is 0 Å². The minimum atomic E-state index is 0.831. The van der Waals surface area contributed by atoms with E-state index in [-0.39, 0.29) is 0 Å². The van der Waals surface area contributed by atoms with E-state index in [9.17, 15) is 0 Å². The van der Waals surface area contributed by atoms with Crippen LogP contribution in [-0.2, 0) is 0 Å². The molecule has 0 N–H and O–H groups in total. The Hall–Kier alpha value is -15.5. The van der Waals surface area contributed by atoms with Gasteiger partial charge in [0.15, 0.2) is 0 Å². The molecular formula is C126H66O2S6. The Morgan fingerprint density at radius 1 is 0.134 bits per heavy atom. The van der Waals surface area contributed by atoms with E-state index in [4.69, 9.17) is 9.47 Å². The lowest BCUT2D eigenvalue weighted by atomic mass is 9.81. The Morgan fingerprint density at radius 3 is 0.754 bits per heavy atom. The van der Waals surface area contributed by atoms with Crippen LogP contribution in [0.3, 0.4) is 0 Å². The maximum Gasteiger partial charge on any atom is 0.135 e. The molecule has 33 rings (SSSR count). The van der Waals surface area contributed by atoms with Crippen LogP contribution in [0.15, 0.2) is 400 Å². The van der Waals surface area contributed by atoms with Gasteiger partial charge < -0.3 is 9.47 Å². The van der Waals surface area contributed by atoms with Crippen LogP contribution >= 0.6 is 68.0 Å². The second-order valence-electron chi connectivity index (χ2n) is 35.8. The molecule has 0 amide bonds. The van der Waals surface area contributed by atoms with E-state index in [1.165, 1.54) is 283 Å². The standard InChI is InChI=1S/C46H26O2S2.C46H26S2.C34H14S2/c1-3-13-27(14-4-1)47-37-25-35-41-33-21-11-24-40-44(33)42(34-22-12-23-39(43(34)41)49-45(35)31-19-9-7-17-29(31)37)36-26-38(48-28-15-5-2-6-16-28)30-18-8-10-20-32(30)46(36)50-40;1-3-13-27(14-4-1)35-25-37-41-33-21-11-24-40-44(33)42(34-22-12-23-39(43(34)41)47-45(37)31-19-9-7-17-29(31)35)38-26-36(28-15-5-2-6-16-28)30-18-8-10-20-32(30)46(38)48-40;1-3-15-7-11-21-29-25(15)17(5-1)19-9-13-23-31-27(19)33(29)32-24(35-21)14-10-20-18-6-2-4-16-8-12-22(36-23)30(26(16)18)34(31)28(20)32/h1-26H;1-26H;1-14H. The van der Waals surface area contributed by atoms with E-state index in [2.05, 4.69) is 340 Å². The van der Waals surface area contributed by atoms with Gasteiger partial charge in [0, 0.05) is 196 Å². The monoisotopic (exact) mass is 1800 g/mol. The molecule has 0 fully saturated rings. The lowest BCUT2D eigenvalue weighted by molar-refractivity contribution is 0.489. The Labute approximate surface area is 787 Å². The van der Waals surface area contributed by atoms with Crippen molar-refractivity contribution in [3.8, 4) is 45.3 Å². The molecule has 0 aliphatic rings. The van der Waals surface area contributed by atoms with Crippen molar-refractivity contribution in [2.45, 2.75) is 0 Å². The summed E-state index contributed by atoms with van der Waals surface area (Å²) in [6.07, 6.45) is 0. The highest BCUT2D eigenvalue weighted by molar-refractivity contribution is 7.28. The smallest absolute Gasteiger partial charge is 0.135 e. The number of hydrogen-bond acceptors (Lipinski definition) is 8. The Morgan fingerprint density at radius 2 is 0.396 bits per heavy atom. The maximum atomic E-state index is 6.66. The highest BCUT2D eigenvalue weighted by Gasteiger charge is 2.31. The van der Waals surface area contributed by atoms with Crippen LogP contribution < -0.4 is 9.47 Å². The van der Waals surface area contributed by atoms with Crippen molar-refractivity contribution in [3.05, 3.63) is 400 Å². The Balaban J connectivity index is 0.0000000952. The molecule has 33 aromatic rings. The maximum absolute atomic E-state index is 6.66. The summed E-state index contributed by atoms with van der Waals surface area (Å²) in [6, 6.07) is 147. The average molecular weight is 1800 g/mol. The molecule has 6 heterocycles. The summed E-state index contributed by atoms with van der Waals surface area (Å²) in [5.74, 6) is 3.40. The van der Waals surface area contributed by atoms with E-state index in [0.717, 1.165) is 33.8 Å². The lowest BCUT2D eigenvalue weighted by Crippen LogP contribution is -1.95. The van der Waals surface area contributed by atoms with Gasteiger partial charge in [0.1, 0.15) is 23.0 Å². The second kappa shape index (κ2) is 28.1. The lowest BCUT2D eigenvalue weighted by Gasteiger charge is -2.25. The second-order valence-corrected chi connectivity index (χ2v) is 42.2. The van der Waals surface area contributed by atoms with Crippen molar-refractivity contribution in [1.82, 2.24) is 0 Å². The quantitative estimate of drug-likeness (QED) is 0.122. The summed E-state index contributed by atoms with van der Waals surface area (Å²) in [6.45, 7) is 0. The third kappa shape index (κ3) is 10.3. The fraction of sp³-hybridized carbons (Fsp3) is 0. The van der Waals surface area contributed by atoms with Crippen molar-refractivity contribution >= 4 is 340 Å². The molecule has 2 nitrogen and oxygen atoms in total. The fourth-order valence-corrected chi connectivity index (χ4v) is 30.9. The summed E-state index contributed by atoms with van der Waals surface area (Å²) in [5.41, 5.74) is 5.09. The van der Waals surface area contributed by atoms with Gasteiger partial charge in [-0.05, 0) is 195 Å². The van der Waals surface area contributed by atoms with E-state index < -0.39 is 0 Å². The van der Waals surface area contributed by atoms with Crippen LogP contribution in [0.1, 0.15) is 0 Å². The zero-order valence-electron chi connectivity index (χ0n) is 71.4. The van der Waals surface area contributed by atoms with Gasteiger partial charge in [-0.15, -0.1) is 68.0 Å². The van der Waals surface area contributed by atoms with E-state index in [1.54, 1.807) is 0 Å². The van der Waals surface area contributed by atoms with Crippen LogP contribution in [0.4, 0.5) is 0 Å². The van der Waals surface area contributed by atoms with Gasteiger partial charge in [0.05, 0.1) is 0 Å². The van der Waals surface area contributed by atoms with Gasteiger partial charge >= 0.3 is 0 Å². The minimum Gasteiger partial charge on any atom is -0.457 e. The predicted octanol–water partition coefficient (Wildman–Crippen LogP) is 40.1. The molecule has 0 saturated heterocycles. The summed E-state index contributed by atoms with van der Waals surface area (Å²) >= 11 is 11.5. The molecule has 0 saturated carbocycles. The van der Waals surface area contributed by atoms with Crippen LogP contribution in [-0.4, -0.2) is 0 Å². The van der Waals surface area contributed by atoms with Crippen LogP contribution in [0.2, 0.25) is 0 Å². The fourth-order valence-electron chi connectivity index (χ4n) is 23.7. The molecule has 0 aliphatic heterocycles. The van der Waals surface area contributed by atoms with Gasteiger partial charge in [-0.2, -0.15) is 0 Å². The summed E-state index contributed by atoms with van der Waals surface area (Å²) in [5, 5.41) is 53.7. The number of benzene rings is 27. The van der Waals surface area contributed by atoms with Gasteiger partial charge in [0.25, 0.3) is 0 Å². The molecule has 6 aromatic heterocycles. The van der Waals surface area contributed by atoms with E-state index >= 15 is 0 Å². The van der Waals surface area contributed by atoms with Crippen molar-refractivity contribution in [1.29, 1.82) is 0 Å². The number of fused-ring (bicyclic) bond motifs is 22. The molecule has 134 heavy (non-hydrogen) atoms. The van der Waals surface area contributed by atoms with Crippen molar-refractivity contribution in [2.75, 3.05) is 0 Å². The predicted molar refractivity (Wildman–Crippen MR) is 590 cm³/mol. The zero-order valence-corrected chi connectivity index (χ0v) is 76.3. The Bertz CT molecular complexity index is 10200. The first-order valence-corrected chi connectivity index (χ1v) is 50.5. The molecule has 8 heteroatoms. The number of ether oxygens (including phenoxy) is 2. The van der Waals surface area contributed by atoms with Gasteiger partial charge in [-0.3, -0.25) is 0 Å². The first-order chi connectivity index (χ1) is 66.5. The third-order valence-electron chi connectivity index (χ3n) is 29.0. The SMILES string of the molecule is c1cc2ccc3sc4ccc5c6cccc7ccc8sc9ccc%10c(c1)c2c3c1c4c5c(c8c76)c9c%101.c1ccc(-c2cc3c(sc4cccc5c4c3c3cccc4sc6c7ccccc7c(-c7ccccc7)cc6c5c43)c3ccccc23)cc1.c1ccc(Oc2cc3c(sc4cccc5c4c3c3cccc4sc6c7ccccc7c(Oc7ccccc7)cc6c5c43)c3ccccc23)cc1. The highest BCUT2D eigenvalue weighted by atomic mass is 32.1. The molecule has 0 bridgehead atoms. The molecule has 0 spiro atoms. The summed E-state index contributed by atoms with van der Waals surface area (Å²) in [4.78, 5) is 0. The van der Waals surface area contributed by atoms with Crippen LogP contribution in [0.25, 0.3) is 294 Å². The van der Waals surface area contributed by atoms with Crippen molar-refractivity contribution < 1.29 is 9.47 Å². The van der Waals surface area contributed by atoms with Gasteiger partial charge in [-0.25, -0.2) is 0 Å². The summed E-state index contributed by atoms with van der Waals surface area (Å²) in [7, 11) is 0. The molecule has 618 valence electrons.